The zero-order valence-corrected chi connectivity index (χ0v) is 10.6. The molecule has 0 fully saturated rings. The molecule has 4 heteroatoms. The van der Waals surface area contributed by atoms with Crippen LogP contribution >= 0.6 is 11.6 Å². The van der Waals surface area contributed by atoms with E-state index in [0.717, 1.165) is 22.0 Å². The predicted octanol–water partition coefficient (Wildman–Crippen LogP) is 3.61. The number of anilines is 1. The van der Waals surface area contributed by atoms with Gasteiger partial charge >= 0.3 is 0 Å². The fraction of sp³-hybridized carbons (Fsp3) is 0.231. The molecule has 1 unspecified atom stereocenters. The first-order valence-corrected chi connectivity index (χ1v) is 5.83. The van der Waals surface area contributed by atoms with Gasteiger partial charge in [-0.1, -0.05) is 17.7 Å². The van der Waals surface area contributed by atoms with Crippen LogP contribution in [0.25, 0.3) is 0 Å². The number of benzene rings is 1. The molecule has 0 saturated carbocycles. The van der Waals surface area contributed by atoms with Gasteiger partial charge in [-0.3, -0.25) is 9.97 Å². The molecule has 0 saturated heterocycles. The second-order valence-electron chi connectivity index (χ2n) is 3.96. The van der Waals surface area contributed by atoms with Crippen molar-refractivity contribution in [3.05, 3.63) is 53.1 Å². The molecule has 0 spiro atoms. The average molecular weight is 248 g/mol. The van der Waals surface area contributed by atoms with Crippen LogP contribution in [-0.4, -0.2) is 9.97 Å². The fourth-order valence-corrected chi connectivity index (χ4v) is 1.76. The Morgan fingerprint density at radius 1 is 1.29 bits per heavy atom. The van der Waals surface area contributed by atoms with E-state index >= 15 is 0 Å². The van der Waals surface area contributed by atoms with E-state index in [1.807, 2.05) is 32.0 Å². The summed E-state index contributed by atoms with van der Waals surface area (Å²) in [6.07, 6.45) is 5.12. The lowest BCUT2D eigenvalue weighted by Gasteiger charge is -2.16. The highest BCUT2D eigenvalue weighted by molar-refractivity contribution is 6.30. The smallest absolute Gasteiger partial charge is 0.0806 e. The molecular formula is C13H14ClN3. The summed E-state index contributed by atoms with van der Waals surface area (Å²) in [6.45, 7) is 4.09. The maximum absolute atomic E-state index is 5.98. The Balaban J connectivity index is 2.18. The van der Waals surface area contributed by atoms with Gasteiger partial charge < -0.3 is 5.32 Å². The van der Waals surface area contributed by atoms with Gasteiger partial charge in [0.1, 0.15) is 0 Å². The van der Waals surface area contributed by atoms with Gasteiger partial charge in [0.2, 0.25) is 0 Å². The van der Waals surface area contributed by atoms with Crippen molar-refractivity contribution in [3.8, 4) is 0 Å². The molecule has 1 aromatic carbocycles. The first kappa shape index (κ1) is 11.9. The van der Waals surface area contributed by atoms with E-state index in [0.29, 0.717) is 0 Å². The predicted molar refractivity (Wildman–Crippen MR) is 70.3 cm³/mol. The Kier molecular flexibility index (Phi) is 3.59. The lowest BCUT2D eigenvalue weighted by atomic mass is 10.1. The molecule has 0 aliphatic carbocycles. The lowest BCUT2D eigenvalue weighted by Crippen LogP contribution is -2.09. The first-order valence-electron chi connectivity index (χ1n) is 5.45. The van der Waals surface area contributed by atoms with Crippen molar-refractivity contribution < 1.29 is 0 Å². The summed E-state index contributed by atoms with van der Waals surface area (Å²) in [5.41, 5.74) is 3.09. The Labute approximate surface area is 106 Å². The van der Waals surface area contributed by atoms with Crippen molar-refractivity contribution in [2.75, 3.05) is 5.32 Å². The van der Waals surface area contributed by atoms with Gasteiger partial charge in [0, 0.05) is 23.1 Å². The molecule has 2 aromatic rings. The molecule has 1 heterocycles. The van der Waals surface area contributed by atoms with Crippen molar-refractivity contribution >= 4 is 17.3 Å². The molecule has 0 radical (unpaired) electrons. The highest BCUT2D eigenvalue weighted by atomic mass is 35.5. The van der Waals surface area contributed by atoms with E-state index < -0.39 is 0 Å². The van der Waals surface area contributed by atoms with Gasteiger partial charge in [-0.25, -0.2) is 0 Å². The fourth-order valence-electron chi connectivity index (χ4n) is 1.59. The summed E-state index contributed by atoms with van der Waals surface area (Å²) in [6, 6.07) is 5.90. The van der Waals surface area contributed by atoms with Crippen LogP contribution in [-0.2, 0) is 0 Å². The van der Waals surface area contributed by atoms with Crippen LogP contribution in [0.3, 0.4) is 0 Å². The largest absolute Gasteiger partial charge is 0.377 e. The van der Waals surface area contributed by atoms with Gasteiger partial charge in [-0.05, 0) is 31.5 Å². The number of halogens is 1. The van der Waals surface area contributed by atoms with Gasteiger partial charge in [0.25, 0.3) is 0 Å². The van der Waals surface area contributed by atoms with Crippen molar-refractivity contribution in [2.24, 2.45) is 0 Å². The standard InChI is InChI=1S/C13H14ClN3/c1-9-3-4-11(14)7-12(9)17-10(2)13-8-15-5-6-16-13/h3-8,10,17H,1-2H3. The van der Waals surface area contributed by atoms with E-state index in [-0.39, 0.29) is 6.04 Å². The van der Waals surface area contributed by atoms with Crippen LogP contribution in [0, 0.1) is 6.92 Å². The molecule has 0 amide bonds. The van der Waals surface area contributed by atoms with Gasteiger partial charge in [0.15, 0.2) is 0 Å². The number of nitrogens with one attached hydrogen (secondary N) is 1. The zero-order valence-electron chi connectivity index (χ0n) is 9.81. The molecule has 2 rings (SSSR count). The van der Waals surface area contributed by atoms with Gasteiger partial charge in [-0.15, -0.1) is 0 Å². The minimum atomic E-state index is 0.0980. The minimum Gasteiger partial charge on any atom is -0.377 e. The average Bonchev–Trinajstić information content (AvgIpc) is 2.35. The molecule has 1 aromatic heterocycles. The zero-order chi connectivity index (χ0) is 12.3. The second kappa shape index (κ2) is 5.15. The van der Waals surface area contributed by atoms with Crippen LogP contribution in [0.1, 0.15) is 24.2 Å². The lowest BCUT2D eigenvalue weighted by molar-refractivity contribution is 0.826. The molecular weight excluding hydrogens is 234 g/mol. The monoisotopic (exact) mass is 247 g/mol. The van der Waals surface area contributed by atoms with Crippen molar-refractivity contribution in [1.29, 1.82) is 0 Å². The van der Waals surface area contributed by atoms with E-state index in [4.69, 9.17) is 11.6 Å². The van der Waals surface area contributed by atoms with Crippen molar-refractivity contribution in [1.82, 2.24) is 9.97 Å². The number of rotatable bonds is 3. The summed E-state index contributed by atoms with van der Waals surface area (Å²) < 4.78 is 0. The maximum atomic E-state index is 5.98. The third-order valence-electron chi connectivity index (χ3n) is 2.60. The minimum absolute atomic E-state index is 0.0980. The van der Waals surface area contributed by atoms with Gasteiger partial charge in [-0.2, -0.15) is 0 Å². The van der Waals surface area contributed by atoms with E-state index in [2.05, 4.69) is 15.3 Å². The van der Waals surface area contributed by atoms with E-state index in [9.17, 15) is 0 Å². The Morgan fingerprint density at radius 2 is 2.12 bits per heavy atom. The summed E-state index contributed by atoms with van der Waals surface area (Å²) in [4.78, 5) is 8.33. The van der Waals surface area contributed by atoms with Crippen molar-refractivity contribution in [3.63, 3.8) is 0 Å². The third kappa shape index (κ3) is 2.94. The quantitative estimate of drug-likeness (QED) is 0.900. The Hall–Kier alpha value is -1.61. The highest BCUT2D eigenvalue weighted by Crippen LogP contribution is 2.24. The summed E-state index contributed by atoms with van der Waals surface area (Å²) in [7, 11) is 0. The molecule has 0 bridgehead atoms. The van der Waals surface area contributed by atoms with Crippen LogP contribution in [0.2, 0.25) is 5.02 Å². The van der Waals surface area contributed by atoms with Crippen molar-refractivity contribution in [2.45, 2.75) is 19.9 Å². The molecule has 0 aliphatic rings. The van der Waals surface area contributed by atoms with Crippen LogP contribution in [0.4, 0.5) is 5.69 Å². The van der Waals surface area contributed by atoms with E-state index in [1.54, 1.807) is 18.6 Å². The SMILES string of the molecule is Cc1ccc(Cl)cc1NC(C)c1cnccn1. The van der Waals surface area contributed by atoms with E-state index in [1.165, 1.54) is 0 Å². The molecule has 1 N–H and O–H groups in total. The maximum Gasteiger partial charge on any atom is 0.0806 e. The highest BCUT2D eigenvalue weighted by Gasteiger charge is 2.08. The Morgan fingerprint density at radius 3 is 2.82 bits per heavy atom. The topological polar surface area (TPSA) is 37.8 Å². The number of aryl methyl sites for hydroxylation is 1. The molecule has 0 aliphatic heterocycles. The number of aromatic nitrogens is 2. The normalized spacial score (nSPS) is 12.2. The first-order chi connectivity index (χ1) is 8.16. The number of nitrogens with zero attached hydrogens (tertiary/aromatic N) is 2. The molecule has 17 heavy (non-hydrogen) atoms. The van der Waals surface area contributed by atoms with Crippen LogP contribution in [0.5, 0.6) is 0 Å². The van der Waals surface area contributed by atoms with Crippen LogP contribution in [0.15, 0.2) is 36.8 Å². The Bertz CT molecular complexity index is 499. The number of hydrogen-bond donors (Lipinski definition) is 1. The second-order valence-corrected chi connectivity index (χ2v) is 4.39. The van der Waals surface area contributed by atoms with Gasteiger partial charge in [0.05, 0.1) is 17.9 Å². The van der Waals surface area contributed by atoms with Crippen LogP contribution < -0.4 is 5.32 Å². The number of hydrogen-bond acceptors (Lipinski definition) is 3. The molecule has 88 valence electrons. The third-order valence-corrected chi connectivity index (χ3v) is 2.83. The molecule has 3 nitrogen and oxygen atoms in total. The molecule has 1 atom stereocenters. The summed E-state index contributed by atoms with van der Waals surface area (Å²) in [5, 5.41) is 4.11. The summed E-state index contributed by atoms with van der Waals surface area (Å²) in [5.74, 6) is 0. The summed E-state index contributed by atoms with van der Waals surface area (Å²) >= 11 is 5.98.